The van der Waals surface area contributed by atoms with Crippen molar-refractivity contribution in [1.29, 1.82) is 0 Å². The topological polar surface area (TPSA) is 46.9 Å². The Hall–Kier alpha value is -3.66. The molecule has 3 aromatic carbocycles. The van der Waals surface area contributed by atoms with E-state index in [1.807, 2.05) is 67.1 Å². The lowest BCUT2D eigenvalue weighted by atomic mass is 10.0. The number of fused-ring (bicyclic) bond motifs is 3. The van der Waals surface area contributed by atoms with Crippen molar-refractivity contribution in [3.05, 3.63) is 103 Å². The molecule has 4 heteroatoms. The first kappa shape index (κ1) is 16.5. The van der Waals surface area contributed by atoms with Crippen LogP contribution in [0.2, 0.25) is 0 Å². The summed E-state index contributed by atoms with van der Waals surface area (Å²) in [6.45, 7) is 0.527. The van der Waals surface area contributed by atoms with Gasteiger partial charge in [0.25, 0.3) is 5.91 Å². The van der Waals surface area contributed by atoms with Crippen LogP contribution < -0.4 is 5.32 Å². The number of hydrogen-bond acceptors (Lipinski definition) is 2. The van der Waals surface area contributed by atoms with E-state index in [9.17, 15) is 4.79 Å². The molecule has 0 aliphatic carbocycles. The third-order valence-corrected chi connectivity index (χ3v) is 5.31. The predicted molar refractivity (Wildman–Crippen MR) is 110 cm³/mol. The standard InChI is InChI=1S/C24H19N3O/c28-24(19-12-10-18(11-13-19)17-6-2-1-3-7-17)26-15-23-21-9-5-4-8-20(21)22-14-25-16-27(22)23/h1-14,16,23H,15H2,(H,26,28)/t23-/m1/s1. The van der Waals surface area contributed by atoms with Crippen LogP contribution in [0.15, 0.2) is 91.4 Å². The van der Waals surface area contributed by atoms with E-state index in [2.05, 4.69) is 39.1 Å². The number of amides is 1. The SMILES string of the molecule is O=C(NC[C@@H]1c2ccccc2-c2cncn21)c1ccc(-c2ccccc2)cc1. The maximum atomic E-state index is 12.7. The minimum atomic E-state index is -0.0642. The van der Waals surface area contributed by atoms with E-state index in [0.717, 1.165) is 16.8 Å². The monoisotopic (exact) mass is 365 g/mol. The Kier molecular flexibility index (Phi) is 4.02. The number of carbonyl (C=O) groups is 1. The van der Waals surface area contributed by atoms with Gasteiger partial charge < -0.3 is 9.88 Å². The van der Waals surface area contributed by atoms with Crippen molar-refractivity contribution < 1.29 is 4.79 Å². The zero-order chi connectivity index (χ0) is 18.9. The molecule has 4 aromatic rings. The van der Waals surface area contributed by atoms with Gasteiger partial charge in [-0.15, -0.1) is 0 Å². The van der Waals surface area contributed by atoms with Gasteiger partial charge in [-0.3, -0.25) is 4.79 Å². The second-order valence-electron chi connectivity index (χ2n) is 6.94. The largest absolute Gasteiger partial charge is 0.350 e. The van der Waals surface area contributed by atoms with E-state index in [0.29, 0.717) is 12.1 Å². The molecule has 0 fully saturated rings. The minimum absolute atomic E-state index is 0.0642. The second-order valence-corrected chi connectivity index (χ2v) is 6.94. The predicted octanol–water partition coefficient (Wildman–Crippen LogP) is 4.55. The Morgan fingerprint density at radius 1 is 0.893 bits per heavy atom. The van der Waals surface area contributed by atoms with Crippen LogP contribution in [0.5, 0.6) is 0 Å². The molecular weight excluding hydrogens is 346 g/mol. The van der Waals surface area contributed by atoms with E-state index in [1.54, 1.807) is 0 Å². The maximum Gasteiger partial charge on any atom is 0.251 e. The molecule has 136 valence electrons. The van der Waals surface area contributed by atoms with Crippen molar-refractivity contribution in [2.45, 2.75) is 6.04 Å². The first-order valence-electron chi connectivity index (χ1n) is 9.36. The summed E-state index contributed by atoms with van der Waals surface area (Å²) in [5.41, 5.74) is 6.42. The van der Waals surface area contributed by atoms with Gasteiger partial charge in [0.2, 0.25) is 0 Å². The summed E-state index contributed by atoms with van der Waals surface area (Å²) >= 11 is 0. The second kappa shape index (κ2) is 6.82. The van der Waals surface area contributed by atoms with Crippen LogP contribution in [0.3, 0.4) is 0 Å². The summed E-state index contributed by atoms with van der Waals surface area (Å²) in [5, 5.41) is 3.08. The number of nitrogens with zero attached hydrogens (tertiary/aromatic N) is 2. The molecule has 0 bridgehead atoms. The fourth-order valence-electron chi connectivity index (χ4n) is 3.88. The molecule has 1 aliphatic rings. The van der Waals surface area contributed by atoms with E-state index in [-0.39, 0.29) is 11.9 Å². The molecule has 0 saturated carbocycles. The summed E-state index contributed by atoms with van der Waals surface area (Å²) in [6, 6.07) is 26.3. The summed E-state index contributed by atoms with van der Waals surface area (Å²) in [6.07, 6.45) is 3.71. The quantitative estimate of drug-likeness (QED) is 0.577. The molecule has 1 aliphatic heterocycles. The Morgan fingerprint density at radius 2 is 1.61 bits per heavy atom. The summed E-state index contributed by atoms with van der Waals surface area (Å²) in [7, 11) is 0. The molecule has 4 nitrogen and oxygen atoms in total. The van der Waals surface area contributed by atoms with E-state index in [1.165, 1.54) is 11.1 Å². The van der Waals surface area contributed by atoms with Crippen LogP contribution >= 0.6 is 0 Å². The zero-order valence-corrected chi connectivity index (χ0v) is 15.2. The molecule has 2 heterocycles. The maximum absolute atomic E-state index is 12.7. The lowest BCUT2D eigenvalue weighted by Crippen LogP contribution is -2.30. The van der Waals surface area contributed by atoms with E-state index < -0.39 is 0 Å². The first-order chi connectivity index (χ1) is 13.8. The molecule has 1 N–H and O–H groups in total. The lowest BCUT2D eigenvalue weighted by molar-refractivity contribution is 0.0950. The van der Waals surface area contributed by atoms with Crippen LogP contribution in [0.1, 0.15) is 22.0 Å². The fraction of sp³-hybridized carbons (Fsp3) is 0.0833. The van der Waals surface area contributed by atoms with Crippen LogP contribution in [-0.2, 0) is 0 Å². The van der Waals surface area contributed by atoms with Crippen LogP contribution in [-0.4, -0.2) is 22.0 Å². The first-order valence-corrected chi connectivity index (χ1v) is 9.36. The highest BCUT2D eigenvalue weighted by Gasteiger charge is 2.28. The van der Waals surface area contributed by atoms with Gasteiger partial charge in [-0.25, -0.2) is 4.98 Å². The zero-order valence-electron chi connectivity index (χ0n) is 15.2. The number of imidazole rings is 1. The van der Waals surface area contributed by atoms with E-state index in [4.69, 9.17) is 0 Å². The van der Waals surface area contributed by atoms with Gasteiger partial charge in [-0.05, 0) is 28.8 Å². The third kappa shape index (κ3) is 2.79. The van der Waals surface area contributed by atoms with Crippen molar-refractivity contribution in [2.75, 3.05) is 6.54 Å². The number of hydrogen-bond donors (Lipinski definition) is 1. The van der Waals surface area contributed by atoms with E-state index >= 15 is 0 Å². The fourth-order valence-corrected chi connectivity index (χ4v) is 3.88. The number of benzene rings is 3. The average molecular weight is 365 g/mol. The molecule has 1 aromatic heterocycles. The molecule has 0 saturated heterocycles. The molecule has 28 heavy (non-hydrogen) atoms. The van der Waals surface area contributed by atoms with Crippen molar-refractivity contribution >= 4 is 5.91 Å². The van der Waals surface area contributed by atoms with Crippen molar-refractivity contribution in [3.8, 4) is 22.4 Å². The van der Waals surface area contributed by atoms with Gasteiger partial charge in [0.15, 0.2) is 0 Å². The molecule has 0 spiro atoms. The summed E-state index contributed by atoms with van der Waals surface area (Å²) < 4.78 is 2.13. The van der Waals surface area contributed by atoms with Crippen LogP contribution in [0.4, 0.5) is 0 Å². The van der Waals surface area contributed by atoms with Gasteiger partial charge in [0.1, 0.15) is 0 Å². The number of rotatable bonds is 4. The highest BCUT2D eigenvalue weighted by Crippen LogP contribution is 2.38. The van der Waals surface area contributed by atoms with Gasteiger partial charge in [0.05, 0.1) is 24.3 Å². The van der Waals surface area contributed by atoms with Crippen molar-refractivity contribution in [1.82, 2.24) is 14.9 Å². The van der Waals surface area contributed by atoms with Gasteiger partial charge in [-0.1, -0.05) is 66.7 Å². The molecule has 5 rings (SSSR count). The highest BCUT2D eigenvalue weighted by molar-refractivity contribution is 5.94. The van der Waals surface area contributed by atoms with Crippen LogP contribution in [0.25, 0.3) is 22.4 Å². The van der Waals surface area contributed by atoms with Gasteiger partial charge in [0, 0.05) is 17.7 Å². The Balaban J connectivity index is 1.32. The number of nitrogens with one attached hydrogen (secondary N) is 1. The van der Waals surface area contributed by atoms with Crippen molar-refractivity contribution in [3.63, 3.8) is 0 Å². The van der Waals surface area contributed by atoms with Gasteiger partial charge >= 0.3 is 0 Å². The Morgan fingerprint density at radius 3 is 2.43 bits per heavy atom. The normalized spacial score (nSPS) is 14.4. The highest BCUT2D eigenvalue weighted by atomic mass is 16.1. The molecule has 0 unspecified atom stereocenters. The Bertz CT molecular complexity index is 1130. The number of carbonyl (C=O) groups excluding carboxylic acids is 1. The van der Waals surface area contributed by atoms with Gasteiger partial charge in [-0.2, -0.15) is 0 Å². The Labute approximate surface area is 163 Å². The molecule has 0 radical (unpaired) electrons. The van der Waals surface area contributed by atoms with Crippen molar-refractivity contribution in [2.24, 2.45) is 0 Å². The molecule has 1 atom stereocenters. The molecule has 1 amide bonds. The third-order valence-electron chi connectivity index (χ3n) is 5.31. The molecular formula is C24H19N3O. The number of aromatic nitrogens is 2. The minimum Gasteiger partial charge on any atom is -0.350 e. The lowest BCUT2D eigenvalue weighted by Gasteiger charge is -2.16. The van der Waals surface area contributed by atoms with Crippen LogP contribution in [0, 0.1) is 0 Å². The summed E-state index contributed by atoms with van der Waals surface area (Å²) in [5.74, 6) is -0.0642. The average Bonchev–Trinajstić information content (AvgIpc) is 3.34. The summed E-state index contributed by atoms with van der Waals surface area (Å²) in [4.78, 5) is 16.9. The smallest absolute Gasteiger partial charge is 0.251 e.